The van der Waals surface area contributed by atoms with Crippen LogP contribution in [0, 0.1) is 11.6 Å². The third-order valence-electron chi connectivity index (χ3n) is 3.75. The predicted octanol–water partition coefficient (Wildman–Crippen LogP) is 3.02. The summed E-state index contributed by atoms with van der Waals surface area (Å²) in [5, 5.41) is 2.80. The van der Waals surface area contributed by atoms with E-state index in [9.17, 15) is 13.6 Å². The second kappa shape index (κ2) is 6.50. The molecule has 1 aromatic carbocycles. The summed E-state index contributed by atoms with van der Waals surface area (Å²) in [6.07, 6.45) is 2.14. The highest BCUT2D eigenvalue weighted by atomic mass is 35.5. The molecule has 0 saturated carbocycles. The minimum absolute atomic E-state index is 0.0631. The van der Waals surface area contributed by atoms with Gasteiger partial charge in [0.2, 0.25) is 0 Å². The van der Waals surface area contributed by atoms with Crippen LogP contribution in [0.1, 0.15) is 16.8 Å². The van der Waals surface area contributed by atoms with Crippen LogP contribution in [0.25, 0.3) is 0 Å². The molecular weight excluding hydrogens is 324 g/mol. The molecule has 2 aromatic rings. The third-order valence-corrected chi connectivity index (χ3v) is 4.07. The fraction of sp³-hybridized carbons (Fsp3) is 0.250. The van der Waals surface area contributed by atoms with Gasteiger partial charge in [-0.15, -0.1) is 0 Å². The molecule has 1 amide bonds. The van der Waals surface area contributed by atoms with Gasteiger partial charge >= 0.3 is 0 Å². The van der Waals surface area contributed by atoms with Crippen molar-refractivity contribution in [1.29, 1.82) is 0 Å². The maximum atomic E-state index is 13.8. The molecule has 1 aromatic heterocycles. The van der Waals surface area contributed by atoms with Gasteiger partial charge in [-0.2, -0.15) is 0 Å². The molecule has 120 valence electrons. The fourth-order valence-corrected chi connectivity index (χ4v) is 2.90. The van der Waals surface area contributed by atoms with Crippen molar-refractivity contribution in [2.75, 3.05) is 18.0 Å². The lowest BCUT2D eigenvalue weighted by molar-refractivity contribution is 0.0936. The van der Waals surface area contributed by atoms with Crippen molar-refractivity contribution in [3.05, 3.63) is 58.7 Å². The molecule has 2 heterocycles. The van der Waals surface area contributed by atoms with E-state index in [1.54, 1.807) is 4.90 Å². The van der Waals surface area contributed by atoms with E-state index in [-0.39, 0.29) is 22.4 Å². The van der Waals surface area contributed by atoms with Crippen LogP contribution in [0.15, 0.2) is 36.5 Å². The number of anilines is 1. The minimum atomic E-state index is -0.666. The molecule has 1 fully saturated rings. The summed E-state index contributed by atoms with van der Waals surface area (Å²) in [5.41, 5.74) is -0.170. The van der Waals surface area contributed by atoms with E-state index in [0.29, 0.717) is 19.5 Å². The summed E-state index contributed by atoms with van der Waals surface area (Å²) in [6, 6.07) is 6.73. The van der Waals surface area contributed by atoms with Gasteiger partial charge in [-0.1, -0.05) is 17.7 Å². The molecule has 4 nitrogen and oxygen atoms in total. The smallest absolute Gasteiger partial charge is 0.256 e. The molecule has 0 spiro atoms. The number of rotatable bonds is 3. The van der Waals surface area contributed by atoms with Gasteiger partial charge < -0.3 is 10.2 Å². The Labute approximate surface area is 137 Å². The van der Waals surface area contributed by atoms with Crippen molar-refractivity contribution in [1.82, 2.24) is 10.3 Å². The number of nitrogens with zero attached hydrogens (tertiary/aromatic N) is 2. The molecule has 23 heavy (non-hydrogen) atoms. The lowest BCUT2D eigenvalue weighted by atomic mass is 10.1. The van der Waals surface area contributed by atoms with Gasteiger partial charge in [0.15, 0.2) is 11.6 Å². The molecule has 1 N–H and O–H groups in total. The van der Waals surface area contributed by atoms with Crippen molar-refractivity contribution >= 4 is 23.3 Å². The van der Waals surface area contributed by atoms with Crippen molar-refractivity contribution in [3.63, 3.8) is 0 Å². The predicted molar refractivity (Wildman–Crippen MR) is 83.7 cm³/mol. The first-order chi connectivity index (χ1) is 11.1. The number of nitrogens with one attached hydrogen (secondary N) is 1. The Morgan fingerprint density at radius 2 is 2.04 bits per heavy atom. The average Bonchev–Trinajstić information content (AvgIpc) is 2.95. The third kappa shape index (κ3) is 3.27. The summed E-state index contributed by atoms with van der Waals surface area (Å²) in [5.74, 6) is -1.38. The highest BCUT2D eigenvalue weighted by molar-refractivity contribution is 6.33. The standard InChI is InChI=1S/C16H14ClF2N3O/c17-11-3-1-4-12(18)14(11)16(23)21-10-6-8-22(9-10)15-13(19)5-2-7-20-15/h1-5,7,10H,6,8-9H2,(H,21,23)/t10-/m1/s1. The topological polar surface area (TPSA) is 45.2 Å². The highest BCUT2D eigenvalue weighted by Crippen LogP contribution is 2.22. The van der Waals surface area contributed by atoms with Crippen LogP contribution in [-0.4, -0.2) is 30.0 Å². The number of halogens is 3. The molecule has 1 aliphatic rings. The van der Waals surface area contributed by atoms with E-state index in [0.717, 1.165) is 0 Å². The van der Waals surface area contributed by atoms with E-state index in [1.807, 2.05) is 0 Å². The summed E-state index contributed by atoms with van der Waals surface area (Å²) in [7, 11) is 0. The molecule has 3 rings (SSSR count). The number of aromatic nitrogens is 1. The first-order valence-electron chi connectivity index (χ1n) is 7.16. The van der Waals surface area contributed by atoms with Crippen molar-refractivity contribution in [2.45, 2.75) is 12.5 Å². The highest BCUT2D eigenvalue weighted by Gasteiger charge is 2.28. The van der Waals surface area contributed by atoms with Gasteiger partial charge in [0.1, 0.15) is 5.82 Å². The molecule has 0 aliphatic carbocycles. The van der Waals surface area contributed by atoms with Crippen LogP contribution in [-0.2, 0) is 0 Å². The first-order valence-corrected chi connectivity index (χ1v) is 7.54. The molecule has 1 aliphatic heterocycles. The van der Waals surface area contributed by atoms with Crippen LogP contribution in [0.3, 0.4) is 0 Å². The van der Waals surface area contributed by atoms with E-state index in [1.165, 1.54) is 36.5 Å². The molecule has 1 atom stereocenters. The maximum absolute atomic E-state index is 13.8. The number of pyridine rings is 1. The van der Waals surface area contributed by atoms with Gasteiger partial charge in [-0.3, -0.25) is 4.79 Å². The largest absolute Gasteiger partial charge is 0.352 e. The Morgan fingerprint density at radius 3 is 2.78 bits per heavy atom. The summed E-state index contributed by atoms with van der Waals surface area (Å²) < 4.78 is 27.5. The number of hydrogen-bond acceptors (Lipinski definition) is 3. The lowest BCUT2D eigenvalue weighted by Crippen LogP contribution is -2.37. The minimum Gasteiger partial charge on any atom is -0.352 e. The fourth-order valence-electron chi connectivity index (χ4n) is 2.65. The Kier molecular flexibility index (Phi) is 4.43. The quantitative estimate of drug-likeness (QED) is 0.936. The molecule has 0 radical (unpaired) electrons. The summed E-state index contributed by atoms with van der Waals surface area (Å²) >= 11 is 5.88. The molecule has 1 saturated heterocycles. The van der Waals surface area contributed by atoms with Crippen LogP contribution in [0.2, 0.25) is 5.02 Å². The van der Waals surface area contributed by atoms with Gasteiger partial charge in [-0.05, 0) is 30.7 Å². The molecule has 7 heteroatoms. The SMILES string of the molecule is O=C(N[C@@H]1CCN(c2ncccc2F)C1)c1c(F)cccc1Cl. The molecular formula is C16H14ClF2N3O. The lowest BCUT2D eigenvalue weighted by Gasteiger charge is -2.18. The number of benzene rings is 1. The molecule has 0 bridgehead atoms. The van der Waals surface area contributed by atoms with Crippen LogP contribution < -0.4 is 10.2 Å². The van der Waals surface area contributed by atoms with E-state index in [4.69, 9.17) is 11.6 Å². The summed E-state index contributed by atoms with van der Waals surface area (Å²) in [6.45, 7) is 0.968. The number of carbonyl (C=O) groups is 1. The number of amides is 1. The van der Waals surface area contributed by atoms with Crippen LogP contribution in [0.5, 0.6) is 0 Å². The second-order valence-corrected chi connectivity index (χ2v) is 5.72. The Morgan fingerprint density at radius 1 is 1.26 bits per heavy atom. The van der Waals surface area contributed by atoms with Gasteiger partial charge in [0, 0.05) is 25.3 Å². The number of carbonyl (C=O) groups excluding carboxylic acids is 1. The monoisotopic (exact) mass is 337 g/mol. The van der Waals surface area contributed by atoms with Crippen molar-refractivity contribution in [2.24, 2.45) is 0 Å². The van der Waals surface area contributed by atoms with Crippen LogP contribution in [0.4, 0.5) is 14.6 Å². The molecule has 0 unspecified atom stereocenters. The van der Waals surface area contributed by atoms with Crippen molar-refractivity contribution < 1.29 is 13.6 Å². The average molecular weight is 338 g/mol. The normalized spacial score (nSPS) is 17.3. The zero-order chi connectivity index (χ0) is 16.4. The zero-order valence-corrected chi connectivity index (χ0v) is 12.9. The van der Waals surface area contributed by atoms with Crippen molar-refractivity contribution in [3.8, 4) is 0 Å². The second-order valence-electron chi connectivity index (χ2n) is 5.31. The van der Waals surface area contributed by atoms with E-state index >= 15 is 0 Å². The first kappa shape index (κ1) is 15.7. The van der Waals surface area contributed by atoms with Gasteiger partial charge in [0.05, 0.1) is 10.6 Å². The Balaban J connectivity index is 1.69. The van der Waals surface area contributed by atoms with Gasteiger partial charge in [0.25, 0.3) is 5.91 Å². The van der Waals surface area contributed by atoms with E-state index < -0.39 is 17.5 Å². The Bertz CT molecular complexity index is 721. The Hall–Kier alpha value is -2.21. The van der Waals surface area contributed by atoms with Gasteiger partial charge in [-0.25, -0.2) is 13.8 Å². The number of hydrogen-bond donors (Lipinski definition) is 1. The zero-order valence-electron chi connectivity index (χ0n) is 12.1. The summed E-state index contributed by atoms with van der Waals surface area (Å²) in [4.78, 5) is 18.0. The maximum Gasteiger partial charge on any atom is 0.256 e. The van der Waals surface area contributed by atoms with Crippen LogP contribution >= 0.6 is 11.6 Å². The van der Waals surface area contributed by atoms with E-state index in [2.05, 4.69) is 10.3 Å².